The fourth-order valence-corrected chi connectivity index (χ4v) is 4.30. The summed E-state index contributed by atoms with van der Waals surface area (Å²) in [6, 6.07) is 7.38. The lowest BCUT2D eigenvalue weighted by Gasteiger charge is -2.30. The lowest BCUT2D eigenvalue weighted by atomic mass is 9.79. The van der Waals surface area contributed by atoms with Gasteiger partial charge in [-0.15, -0.1) is 11.8 Å². The predicted molar refractivity (Wildman–Crippen MR) is 117 cm³/mol. The molecule has 0 aliphatic carbocycles. The largest absolute Gasteiger partial charge is 0.448 e. The van der Waals surface area contributed by atoms with Gasteiger partial charge in [0.25, 0.3) is 0 Å². The van der Waals surface area contributed by atoms with Crippen molar-refractivity contribution in [1.29, 1.82) is 0 Å². The number of amides is 2. The number of ketones is 1. The number of thioether (sulfide) groups is 1. The summed E-state index contributed by atoms with van der Waals surface area (Å²) >= 11 is 1.58. The summed E-state index contributed by atoms with van der Waals surface area (Å²) in [5, 5.41) is 5.38. The van der Waals surface area contributed by atoms with Crippen molar-refractivity contribution >= 4 is 29.7 Å². The van der Waals surface area contributed by atoms with Gasteiger partial charge in [-0.25, -0.2) is 9.59 Å². The van der Waals surface area contributed by atoms with Crippen molar-refractivity contribution < 1.29 is 23.9 Å². The molecule has 0 aromatic heterocycles. The average Bonchev–Trinajstić information content (AvgIpc) is 2.89. The van der Waals surface area contributed by atoms with Crippen LogP contribution >= 0.6 is 11.8 Å². The zero-order valence-corrected chi connectivity index (χ0v) is 18.6. The van der Waals surface area contributed by atoms with Crippen molar-refractivity contribution in [3.63, 3.8) is 0 Å². The van der Waals surface area contributed by atoms with E-state index < -0.39 is 17.6 Å². The van der Waals surface area contributed by atoms with Gasteiger partial charge in [-0.05, 0) is 31.1 Å². The maximum absolute atomic E-state index is 13.5. The number of benzene rings is 1. The highest BCUT2D eigenvalue weighted by atomic mass is 32.2. The molecular weight excluding hydrogens is 404 g/mol. The normalized spacial score (nSPS) is 14.9. The fraction of sp³-hybridized carbons (Fsp3) is 0.591. The SMILES string of the molecule is CCCCNC(=O)OCC1(COC(=O)NCCCC)CCSc2ccccc2C1=O. The quantitative estimate of drug-likeness (QED) is 0.528. The molecule has 166 valence electrons. The Labute approximate surface area is 182 Å². The lowest BCUT2D eigenvalue weighted by Crippen LogP contribution is -2.44. The summed E-state index contributed by atoms with van der Waals surface area (Å²) in [6.45, 7) is 4.83. The van der Waals surface area contributed by atoms with Crippen molar-refractivity contribution in [2.75, 3.05) is 32.1 Å². The molecule has 2 rings (SSSR count). The number of carbonyl (C=O) groups is 3. The first-order chi connectivity index (χ1) is 14.5. The van der Waals surface area contributed by atoms with Crippen molar-refractivity contribution in [3.05, 3.63) is 29.8 Å². The van der Waals surface area contributed by atoms with Crippen LogP contribution in [0.4, 0.5) is 9.59 Å². The van der Waals surface area contributed by atoms with Crippen LogP contribution in [-0.2, 0) is 9.47 Å². The molecule has 1 heterocycles. The highest BCUT2D eigenvalue weighted by Gasteiger charge is 2.44. The second-order valence-electron chi connectivity index (χ2n) is 7.42. The molecule has 1 aromatic rings. The van der Waals surface area contributed by atoms with Crippen LogP contribution in [0.5, 0.6) is 0 Å². The second-order valence-corrected chi connectivity index (χ2v) is 8.55. The van der Waals surface area contributed by atoms with Crippen LogP contribution in [0.2, 0.25) is 0 Å². The summed E-state index contributed by atoms with van der Waals surface area (Å²) in [5.41, 5.74) is -0.533. The van der Waals surface area contributed by atoms with Gasteiger partial charge < -0.3 is 20.1 Å². The summed E-state index contributed by atoms with van der Waals surface area (Å²) in [4.78, 5) is 38.5. The molecule has 0 spiro atoms. The van der Waals surface area contributed by atoms with Crippen LogP contribution in [0.15, 0.2) is 29.2 Å². The maximum Gasteiger partial charge on any atom is 0.407 e. The Morgan fingerprint density at radius 2 is 1.57 bits per heavy atom. The molecule has 1 aliphatic heterocycles. The van der Waals surface area contributed by atoms with E-state index in [4.69, 9.17) is 9.47 Å². The minimum atomic E-state index is -1.11. The number of ether oxygens (including phenoxy) is 2. The van der Waals surface area contributed by atoms with E-state index >= 15 is 0 Å². The molecule has 0 saturated heterocycles. The first-order valence-electron chi connectivity index (χ1n) is 10.6. The summed E-state index contributed by atoms with van der Waals surface area (Å²) < 4.78 is 10.8. The Bertz CT molecular complexity index is 699. The van der Waals surface area contributed by atoms with E-state index in [-0.39, 0.29) is 19.0 Å². The van der Waals surface area contributed by atoms with E-state index in [9.17, 15) is 14.4 Å². The number of hydrogen-bond acceptors (Lipinski definition) is 6. The molecule has 30 heavy (non-hydrogen) atoms. The molecule has 0 saturated carbocycles. The topological polar surface area (TPSA) is 93.7 Å². The lowest BCUT2D eigenvalue weighted by molar-refractivity contribution is 0.0247. The molecule has 1 aromatic carbocycles. The van der Waals surface area contributed by atoms with Crippen LogP contribution in [0.3, 0.4) is 0 Å². The molecule has 0 bridgehead atoms. The first-order valence-corrected chi connectivity index (χ1v) is 11.6. The van der Waals surface area contributed by atoms with Crippen LogP contribution in [0, 0.1) is 5.41 Å². The number of nitrogens with one attached hydrogen (secondary N) is 2. The number of unbranched alkanes of at least 4 members (excludes halogenated alkanes) is 2. The van der Waals surface area contributed by atoms with Crippen molar-refractivity contribution in [1.82, 2.24) is 10.6 Å². The third-order valence-corrected chi connectivity index (χ3v) is 6.09. The van der Waals surface area contributed by atoms with Gasteiger partial charge in [-0.2, -0.15) is 0 Å². The van der Waals surface area contributed by atoms with Gasteiger partial charge in [0.05, 0.1) is 0 Å². The Hall–Kier alpha value is -2.22. The molecular formula is C22H32N2O5S. The first kappa shape index (κ1) is 24.1. The van der Waals surface area contributed by atoms with E-state index in [0.29, 0.717) is 30.8 Å². The van der Waals surface area contributed by atoms with Crippen molar-refractivity contribution in [3.8, 4) is 0 Å². The third-order valence-electron chi connectivity index (χ3n) is 5.01. The zero-order valence-electron chi connectivity index (χ0n) is 17.8. The van der Waals surface area contributed by atoms with Gasteiger partial charge in [0.15, 0.2) is 5.78 Å². The third kappa shape index (κ3) is 6.93. The highest BCUT2D eigenvalue weighted by Crippen LogP contribution is 2.38. The monoisotopic (exact) mass is 436 g/mol. The number of hydrogen-bond donors (Lipinski definition) is 2. The fourth-order valence-electron chi connectivity index (χ4n) is 3.10. The molecule has 0 radical (unpaired) electrons. The van der Waals surface area contributed by atoms with Crippen molar-refractivity contribution in [2.24, 2.45) is 5.41 Å². The maximum atomic E-state index is 13.5. The predicted octanol–water partition coefficient (Wildman–Crippen LogP) is 4.40. The Kier molecular flexibility index (Phi) is 10.00. The highest BCUT2D eigenvalue weighted by molar-refractivity contribution is 7.99. The standard InChI is InChI=1S/C22H32N2O5S/c1-3-5-12-23-20(26)28-15-22(16-29-21(27)24-13-6-4-2)11-14-30-18-10-8-7-9-17(18)19(22)25/h7-10H,3-6,11-16H2,1-2H3,(H,23,26)(H,24,27). The minimum absolute atomic E-state index is 0.138. The van der Waals surface area contributed by atoms with E-state index in [1.807, 2.05) is 32.0 Å². The number of Topliss-reactive ketones (excluding diaryl/α,β-unsaturated/α-hetero) is 1. The Morgan fingerprint density at radius 3 is 2.13 bits per heavy atom. The van der Waals surface area contributed by atoms with Crippen LogP contribution in [0.1, 0.15) is 56.3 Å². The summed E-state index contributed by atoms with van der Waals surface area (Å²) in [5.74, 6) is 0.496. The number of rotatable bonds is 10. The van der Waals surface area contributed by atoms with Gasteiger partial charge in [0.2, 0.25) is 0 Å². The second kappa shape index (κ2) is 12.5. The van der Waals surface area contributed by atoms with E-state index in [1.165, 1.54) is 0 Å². The van der Waals surface area contributed by atoms with Crippen LogP contribution in [-0.4, -0.2) is 50.0 Å². The minimum Gasteiger partial charge on any atom is -0.448 e. The summed E-state index contributed by atoms with van der Waals surface area (Å²) in [6.07, 6.45) is 2.93. The smallest absolute Gasteiger partial charge is 0.407 e. The molecule has 0 unspecified atom stereocenters. The van der Waals surface area contributed by atoms with Gasteiger partial charge in [-0.3, -0.25) is 4.79 Å². The van der Waals surface area contributed by atoms with Gasteiger partial charge in [-0.1, -0.05) is 44.9 Å². The van der Waals surface area contributed by atoms with Crippen LogP contribution < -0.4 is 10.6 Å². The molecule has 2 amide bonds. The van der Waals surface area contributed by atoms with Gasteiger partial charge >= 0.3 is 12.2 Å². The van der Waals surface area contributed by atoms with Gasteiger partial charge in [0, 0.05) is 23.5 Å². The molecule has 2 N–H and O–H groups in total. The molecule has 0 fully saturated rings. The van der Waals surface area contributed by atoms with E-state index in [0.717, 1.165) is 30.6 Å². The average molecular weight is 437 g/mol. The molecule has 7 nitrogen and oxygen atoms in total. The number of alkyl carbamates (subject to hydrolysis) is 2. The van der Waals surface area contributed by atoms with Crippen LogP contribution in [0.25, 0.3) is 0 Å². The Morgan fingerprint density at radius 1 is 1.00 bits per heavy atom. The van der Waals surface area contributed by atoms with E-state index in [2.05, 4.69) is 10.6 Å². The molecule has 1 aliphatic rings. The summed E-state index contributed by atoms with van der Waals surface area (Å²) in [7, 11) is 0. The number of fused-ring (bicyclic) bond motifs is 1. The zero-order chi connectivity index (χ0) is 21.8. The van der Waals surface area contributed by atoms with Gasteiger partial charge in [0.1, 0.15) is 18.6 Å². The number of carbonyl (C=O) groups excluding carboxylic acids is 3. The Balaban J connectivity index is 2.12. The van der Waals surface area contributed by atoms with E-state index in [1.54, 1.807) is 17.8 Å². The molecule has 8 heteroatoms. The van der Waals surface area contributed by atoms with Crippen molar-refractivity contribution in [2.45, 2.75) is 50.8 Å². The molecule has 0 atom stereocenters.